The molecule has 2 N–H and O–H groups in total. The van der Waals surface area contributed by atoms with Crippen molar-refractivity contribution in [1.82, 2.24) is 0 Å². The van der Waals surface area contributed by atoms with Gasteiger partial charge in [0.15, 0.2) is 0 Å². The van der Waals surface area contributed by atoms with E-state index in [0.29, 0.717) is 18.0 Å². The van der Waals surface area contributed by atoms with Gasteiger partial charge in [0.1, 0.15) is 5.75 Å². The van der Waals surface area contributed by atoms with E-state index in [9.17, 15) is 19.7 Å². The van der Waals surface area contributed by atoms with Crippen molar-refractivity contribution in [2.45, 2.75) is 13.8 Å². The number of nitro groups is 1. The summed E-state index contributed by atoms with van der Waals surface area (Å²) in [5.41, 5.74) is 1.66. The molecule has 0 atom stereocenters. The predicted octanol–water partition coefficient (Wildman–Crippen LogP) is 3.61. The molecule has 0 aliphatic heterocycles. The Hall–Kier alpha value is -3.07. The summed E-state index contributed by atoms with van der Waals surface area (Å²) < 4.78 is 5.34. The van der Waals surface area contributed by atoms with Gasteiger partial charge in [0.05, 0.1) is 28.7 Å². The molecule has 0 aliphatic rings. The highest BCUT2D eigenvalue weighted by Crippen LogP contribution is 2.22. The van der Waals surface area contributed by atoms with Gasteiger partial charge in [-0.3, -0.25) is 19.7 Å². The van der Waals surface area contributed by atoms with Crippen molar-refractivity contribution in [3.8, 4) is 5.75 Å². The fourth-order valence-electron chi connectivity index (χ4n) is 2.28. The van der Waals surface area contributed by atoms with Crippen LogP contribution in [0.15, 0.2) is 42.5 Å². The minimum absolute atomic E-state index is 0.0544. The molecular formula is C19H21N3O5S. The molecule has 2 rings (SSSR count). The fourth-order valence-corrected chi connectivity index (χ4v) is 2.90. The zero-order valence-electron chi connectivity index (χ0n) is 15.6. The number of nitrogens with zero attached hydrogens (tertiary/aromatic N) is 1. The van der Waals surface area contributed by atoms with Crippen LogP contribution in [0.2, 0.25) is 0 Å². The van der Waals surface area contributed by atoms with Gasteiger partial charge in [-0.1, -0.05) is 6.07 Å². The lowest BCUT2D eigenvalue weighted by atomic mass is 10.2. The number of rotatable bonds is 9. The van der Waals surface area contributed by atoms with Crippen LogP contribution in [0.5, 0.6) is 5.75 Å². The highest BCUT2D eigenvalue weighted by atomic mass is 32.2. The summed E-state index contributed by atoms with van der Waals surface area (Å²) in [4.78, 5) is 34.3. The number of hydrogen-bond acceptors (Lipinski definition) is 6. The number of nitrogens with one attached hydrogen (secondary N) is 2. The number of thioether (sulfide) groups is 1. The van der Waals surface area contributed by atoms with E-state index in [-0.39, 0.29) is 29.0 Å². The van der Waals surface area contributed by atoms with Gasteiger partial charge in [-0.25, -0.2) is 0 Å². The van der Waals surface area contributed by atoms with Crippen LogP contribution in [0.25, 0.3) is 0 Å². The van der Waals surface area contributed by atoms with E-state index in [1.165, 1.54) is 12.1 Å². The molecule has 0 unspecified atom stereocenters. The van der Waals surface area contributed by atoms with E-state index in [2.05, 4.69) is 10.6 Å². The third kappa shape index (κ3) is 6.58. The van der Waals surface area contributed by atoms with E-state index >= 15 is 0 Å². The van der Waals surface area contributed by atoms with Crippen LogP contribution in [0.4, 0.5) is 17.1 Å². The highest BCUT2D eigenvalue weighted by molar-refractivity contribution is 8.00. The summed E-state index contributed by atoms with van der Waals surface area (Å²) in [5.74, 6) is 0.326. The zero-order valence-corrected chi connectivity index (χ0v) is 16.4. The predicted molar refractivity (Wildman–Crippen MR) is 110 cm³/mol. The third-order valence-corrected chi connectivity index (χ3v) is 4.55. The van der Waals surface area contributed by atoms with E-state index < -0.39 is 4.92 Å². The molecule has 8 nitrogen and oxygen atoms in total. The number of amides is 2. The standard InChI is InChI=1S/C19H21N3O5S/c1-3-27-16-8-5-14(6-9-16)20-18(23)11-28-12-19(24)21-17-10-15(22(25)26)7-4-13(17)2/h4-10H,3,11-12H2,1-2H3,(H,20,23)(H,21,24). The maximum atomic E-state index is 12.0. The molecule has 28 heavy (non-hydrogen) atoms. The monoisotopic (exact) mass is 403 g/mol. The maximum Gasteiger partial charge on any atom is 0.271 e. The van der Waals surface area contributed by atoms with Gasteiger partial charge in [-0.05, 0) is 43.7 Å². The first-order valence-corrected chi connectivity index (χ1v) is 9.70. The molecule has 0 radical (unpaired) electrons. The second-order valence-electron chi connectivity index (χ2n) is 5.80. The number of hydrogen-bond donors (Lipinski definition) is 2. The Kier molecular flexibility index (Phi) is 7.82. The summed E-state index contributed by atoms with van der Waals surface area (Å²) in [6.45, 7) is 4.21. The molecule has 0 saturated carbocycles. The number of nitro benzene ring substituents is 1. The van der Waals surface area contributed by atoms with Gasteiger partial charge in [0.2, 0.25) is 11.8 Å². The first-order valence-electron chi connectivity index (χ1n) is 8.54. The topological polar surface area (TPSA) is 111 Å². The Labute approximate surface area is 166 Å². The maximum absolute atomic E-state index is 12.0. The molecule has 0 aliphatic carbocycles. The van der Waals surface area contributed by atoms with Gasteiger partial charge < -0.3 is 15.4 Å². The van der Waals surface area contributed by atoms with Gasteiger partial charge >= 0.3 is 0 Å². The molecule has 0 fully saturated rings. The largest absolute Gasteiger partial charge is 0.494 e. The molecular weight excluding hydrogens is 382 g/mol. The Morgan fingerprint density at radius 2 is 1.71 bits per heavy atom. The summed E-state index contributed by atoms with van der Waals surface area (Å²) in [7, 11) is 0. The number of anilines is 2. The van der Waals surface area contributed by atoms with Gasteiger partial charge in [-0.2, -0.15) is 0 Å². The Morgan fingerprint density at radius 1 is 1.07 bits per heavy atom. The molecule has 2 aromatic rings. The second kappa shape index (κ2) is 10.3. The molecule has 0 spiro atoms. The first-order chi connectivity index (χ1) is 13.4. The average Bonchev–Trinajstić information content (AvgIpc) is 2.65. The van der Waals surface area contributed by atoms with Crippen molar-refractivity contribution in [1.29, 1.82) is 0 Å². The third-order valence-electron chi connectivity index (χ3n) is 3.62. The summed E-state index contributed by atoms with van der Waals surface area (Å²) in [5, 5.41) is 16.2. The van der Waals surface area contributed by atoms with Gasteiger partial charge in [0.25, 0.3) is 5.69 Å². The van der Waals surface area contributed by atoms with Crippen LogP contribution in [0.1, 0.15) is 12.5 Å². The lowest BCUT2D eigenvalue weighted by Crippen LogP contribution is -2.18. The molecule has 0 saturated heterocycles. The molecule has 0 heterocycles. The molecule has 2 amide bonds. The summed E-state index contributed by atoms with van der Waals surface area (Å²) in [6, 6.07) is 11.3. The van der Waals surface area contributed by atoms with Crippen LogP contribution < -0.4 is 15.4 Å². The van der Waals surface area contributed by atoms with Crippen LogP contribution in [0, 0.1) is 17.0 Å². The Balaban J connectivity index is 1.78. The fraction of sp³-hybridized carbons (Fsp3) is 0.263. The van der Waals surface area contributed by atoms with Crippen LogP contribution in [-0.2, 0) is 9.59 Å². The van der Waals surface area contributed by atoms with E-state index in [0.717, 1.165) is 23.1 Å². The van der Waals surface area contributed by atoms with Gasteiger partial charge in [0, 0.05) is 17.8 Å². The lowest BCUT2D eigenvalue weighted by Gasteiger charge is -2.09. The molecule has 0 bridgehead atoms. The Morgan fingerprint density at radius 3 is 2.32 bits per heavy atom. The van der Waals surface area contributed by atoms with Crippen molar-refractivity contribution in [2.24, 2.45) is 0 Å². The molecule has 9 heteroatoms. The van der Waals surface area contributed by atoms with Crippen molar-refractivity contribution < 1.29 is 19.2 Å². The first kappa shape index (κ1) is 21.2. The quantitative estimate of drug-likeness (QED) is 0.489. The highest BCUT2D eigenvalue weighted by Gasteiger charge is 2.12. The van der Waals surface area contributed by atoms with Crippen LogP contribution >= 0.6 is 11.8 Å². The molecule has 148 valence electrons. The van der Waals surface area contributed by atoms with Crippen molar-refractivity contribution >= 4 is 40.6 Å². The Bertz CT molecular complexity index is 855. The number of benzene rings is 2. The number of non-ortho nitro benzene ring substituents is 1. The van der Waals surface area contributed by atoms with Crippen LogP contribution in [0.3, 0.4) is 0 Å². The van der Waals surface area contributed by atoms with Crippen LogP contribution in [-0.4, -0.2) is 34.9 Å². The SMILES string of the molecule is CCOc1ccc(NC(=O)CSCC(=O)Nc2cc([N+](=O)[O-])ccc2C)cc1. The zero-order chi connectivity index (χ0) is 20.5. The summed E-state index contributed by atoms with van der Waals surface area (Å²) >= 11 is 1.15. The van der Waals surface area contributed by atoms with Gasteiger partial charge in [-0.15, -0.1) is 11.8 Å². The number of carbonyl (C=O) groups is 2. The number of carbonyl (C=O) groups excluding carboxylic acids is 2. The van der Waals surface area contributed by atoms with E-state index in [1.54, 1.807) is 37.3 Å². The van der Waals surface area contributed by atoms with Crippen molar-refractivity contribution in [3.63, 3.8) is 0 Å². The minimum atomic E-state index is -0.519. The van der Waals surface area contributed by atoms with E-state index in [4.69, 9.17) is 4.74 Å². The lowest BCUT2D eigenvalue weighted by molar-refractivity contribution is -0.384. The van der Waals surface area contributed by atoms with E-state index in [1.807, 2.05) is 6.92 Å². The second-order valence-corrected chi connectivity index (χ2v) is 6.79. The molecule has 0 aromatic heterocycles. The average molecular weight is 403 g/mol. The normalized spacial score (nSPS) is 10.2. The van der Waals surface area contributed by atoms with Crippen molar-refractivity contribution in [3.05, 3.63) is 58.1 Å². The summed E-state index contributed by atoms with van der Waals surface area (Å²) in [6.07, 6.45) is 0. The van der Waals surface area contributed by atoms with Crippen molar-refractivity contribution in [2.75, 3.05) is 28.7 Å². The smallest absolute Gasteiger partial charge is 0.271 e. The molecule has 2 aromatic carbocycles. The minimum Gasteiger partial charge on any atom is -0.494 e. The number of ether oxygens (including phenoxy) is 1. The number of aryl methyl sites for hydroxylation is 1.